The molecule has 0 atom stereocenters. The average molecular weight is 167 g/mol. The van der Waals surface area contributed by atoms with Crippen molar-refractivity contribution in [3.8, 4) is 0 Å². The van der Waals surface area contributed by atoms with Crippen LogP contribution in [0.4, 0.5) is 4.39 Å². The summed E-state index contributed by atoms with van der Waals surface area (Å²) in [6, 6.07) is 3.40. The van der Waals surface area contributed by atoms with Crippen LogP contribution in [-0.2, 0) is 5.41 Å². The summed E-state index contributed by atoms with van der Waals surface area (Å²) >= 11 is 0. The van der Waals surface area contributed by atoms with Crippen molar-refractivity contribution in [2.45, 2.75) is 18.3 Å². The van der Waals surface area contributed by atoms with E-state index in [1.165, 1.54) is 6.20 Å². The third kappa shape index (κ3) is 1.01. The summed E-state index contributed by atoms with van der Waals surface area (Å²) in [5.41, 5.74) is 0.255. The van der Waals surface area contributed by atoms with Crippen LogP contribution in [0.3, 0.4) is 0 Å². The molecule has 0 bridgehead atoms. The molecule has 12 heavy (non-hydrogen) atoms. The zero-order chi connectivity index (χ0) is 8.60. The summed E-state index contributed by atoms with van der Waals surface area (Å²) in [4.78, 5) is 3.56. The number of aromatic nitrogens is 1. The number of aliphatic hydroxyl groups excluding tert-OH is 1. The molecule has 1 N–H and O–H groups in total. The lowest BCUT2D eigenvalue weighted by Crippen LogP contribution is -2.14. The van der Waals surface area contributed by atoms with Crippen LogP contribution in [-0.4, -0.2) is 16.7 Å². The Morgan fingerprint density at radius 1 is 1.58 bits per heavy atom. The minimum Gasteiger partial charge on any atom is -0.395 e. The molecule has 2 nitrogen and oxygen atoms in total. The molecule has 0 unspecified atom stereocenters. The highest BCUT2D eigenvalue weighted by Crippen LogP contribution is 2.48. The van der Waals surface area contributed by atoms with Crippen LogP contribution in [0, 0.1) is 5.95 Å². The van der Waals surface area contributed by atoms with Gasteiger partial charge >= 0.3 is 0 Å². The van der Waals surface area contributed by atoms with Crippen molar-refractivity contribution in [2.24, 2.45) is 0 Å². The predicted octanol–water partition coefficient (Wildman–Crippen LogP) is 1.24. The van der Waals surface area contributed by atoms with E-state index < -0.39 is 5.95 Å². The van der Waals surface area contributed by atoms with Gasteiger partial charge < -0.3 is 5.11 Å². The van der Waals surface area contributed by atoms with Crippen LogP contribution in [0.1, 0.15) is 18.4 Å². The van der Waals surface area contributed by atoms with Crippen molar-refractivity contribution >= 4 is 0 Å². The maximum Gasteiger partial charge on any atom is 0.216 e. The number of hydrogen-bond acceptors (Lipinski definition) is 2. The van der Waals surface area contributed by atoms with E-state index in [2.05, 4.69) is 4.98 Å². The number of halogens is 1. The lowest BCUT2D eigenvalue weighted by atomic mass is 9.99. The van der Waals surface area contributed by atoms with Gasteiger partial charge in [0.25, 0.3) is 0 Å². The van der Waals surface area contributed by atoms with Crippen molar-refractivity contribution in [3.05, 3.63) is 29.8 Å². The quantitative estimate of drug-likeness (QED) is 0.672. The molecule has 64 valence electrons. The number of rotatable bonds is 2. The molecular formula is C9H10FNO. The second-order valence-corrected chi connectivity index (χ2v) is 3.28. The molecule has 0 spiro atoms. The number of pyridine rings is 1. The van der Waals surface area contributed by atoms with Crippen LogP contribution < -0.4 is 0 Å². The summed E-state index contributed by atoms with van der Waals surface area (Å²) in [7, 11) is 0. The second-order valence-electron chi connectivity index (χ2n) is 3.28. The van der Waals surface area contributed by atoms with E-state index in [-0.39, 0.29) is 12.0 Å². The lowest BCUT2D eigenvalue weighted by molar-refractivity contribution is 0.251. The molecule has 0 saturated heterocycles. The molecule has 1 fully saturated rings. The number of hydrogen-bond donors (Lipinski definition) is 1. The van der Waals surface area contributed by atoms with E-state index in [1.54, 1.807) is 12.1 Å². The van der Waals surface area contributed by atoms with Crippen LogP contribution in [0.25, 0.3) is 0 Å². The Hall–Kier alpha value is -0.960. The minimum absolute atomic E-state index is 0.0234. The van der Waals surface area contributed by atoms with E-state index in [0.29, 0.717) is 5.56 Å². The first-order chi connectivity index (χ1) is 5.78. The lowest BCUT2D eigenvalue weighted by Gasteiger charge is -2.11. The molecule has 1 aliphatic rings. The summed E-state index contributed by atoms with van der Waals surface area (Å²) in [6.07, 6.45) is 3.16. The van der Waals surface area contributed by atoms with Gasteiger partial charge in [0.2, 0.25) is 5.95 Å². The zero-order valence-electron chi connectivity index (χ0n) is 6.63. The molecule has 0 aromatic carbocycles. The van der Waals surface area contributed by atoms with Gasteiger partial charge in [0.15, 0.2) is 0 Å². The normalized spacial score (nSPS) is 19.2. The summed E-state index contributed by atoms with van der Waals surface area (Å²) in [6.45, 7) is 0.0234. The van der Waals surface area contributed by atoms with Gasteiger partial charge in [-0.2, -0.15) is 4.39 Å². The van der Waals surface area contributed by atoms with Crippen LogP contribution in [0.15, 0.2) is 18.3 Å². The van der Waals surface area contributed by atoms with E-state index in [0.717, 1.165) is 12.8 Å². The average Bonchev–Trinajstić information content (AvgIpc) is 2.86. The molecule has 0 radical (unpaired) electrons. The minimum atomic E-state index is -0.441. The van der Waals surface area contributed by atoms with Crippen LogP contribution >= 0.6 is 0 Å². The van der Waals surface area contributed by atoms with Gasteiger partial charge in [0.05, 0.1) is 6.61 Å². The van der Waals surface area contributed by atoms with Gasteiger partial charge in [-0.25, -0.2) is 4.98 Å². The second kappa shape index (κ2) is 2.52. The largest absolute Gasteiger partial charge is 0.395 e. The molecule has 0 aliphatic heterocycles. The third-order valence-electron chi connectivity index (χ3n) is 2.49. The zero-order valence-corrected chi connectivity index (χ0v) is 6.63. The molecule has 1 heterocycles. The van der Waals surface area contributed by atoms with E-state index in [1.807, 2.05) is 0 Å². The van der Waals surface area contributed by atoms with Crippen molar-refractivity contribution in [1.29, 1.82) is 0 Å². The first-order valence-corrected chi connectivity index (χ1v) is 4.00. The van der Waals surface area contributed by atoms with Gasteiger partial charge in [-0.3, -0.25) is 0 Å². The molecule has 0 amide bonds. The van der Waals surface area contributed by atoms with Crippen molar-refractivity contribution < 1.29 is 9.50 Å². The fourth-order valence-corrected chi connectivity index (χ4v) is 1.45. The van der Waals surface area contributed by atoms with E-state index in [4.69, 9.17) is 5.11 Å². The predicted molar refractivity (Wildman–Crippen MR) is 42.2 cm³/mol. The Morgan fingerprint density at radius 2 is 2.33 bits per heavy atom. The van der Waals surface area contributed by atoms with Crippen molar-refractivity contribution in [2.75, 3.05) is 6.61 Å². The maximum atomic E-state index is 13.1. The highest BCUT2D eigenvalue weighted by Gasteiger charge is 2.45. The standard InChI is InChI=1S/C9H10FNO/c10-8-7(2-1-5-11-8)9(6-12)3-4-9/h1-2,5,12H,3-4,6H2. The molecular weight excluding hydrogens is 157 g/mol. The fourth-order valence-electron chi connectivity index (χ4n) is 1.45. The first kappa shape index (κ1) is 7.68. The Kier molecular flexibility index (Phi) is 1.61. The summed E-state index contributed by atoms with van der Waals surface area (Å²) < 4.78 is 13.1. The van der Waals surface area contributed by atoms with Crippen molar-refractivity contribution in [1.82, 2.24) is 4.98 Å². The van der Waals surface area contributed by atoms with E-state index >= 15 is 0 Å². The Labute approximate surface area is 70.1 Å². The molecule has 1 saturated carbocycles. The smallest absolute Gasteiger partial charge is 0.216 e. The highest BCUT2D eigenvalue weighted by molar-refractivity contribution is 5.29. The Balaban J connectivity index is 2.40. The van der Waals surface area contributed by atoms with Gasteiger partial charge in [-0.05, 0) is 18.9 Å². The molecule has 2 rings (SSSR count). The Morgan fingerprint density at radius 3 is 2.83 bits per heavy atom. The Bertz CT molecular complexity index is 296. The van der Waals surface area contributed by atoms with E-state index in [9.17, 15) is 4.39 Å². The van der Waals surface area contributed by atoms with Crippen LogP contribution in [0.2, 0.25) is 0 Å². The van der Waals surface area contributed by atoms with Crippen LogP contribution in [0.5, 0.6) is 0 Å². The topological polar surface area (TPSA) is 33.1 Å². The monoisotopic (exact) mass is 167 g/mol. The maximum absolute atomic E-state index is 13.1. The molecule has 3 heteroatoms. The summed E-state index contributed by atoms with van der Waals surface area (Å²) in [5.74, 6) is -0.441. The molecule has 1 aromatic rings. The fraction of sp³-hybridized carbons (Fsp3) is 0.444. The van der Waals surface area contributed by atoms with Gasteiger partial charge in [-0.1, -0.05) is 6.07 Å². The SMILES string of the molecule is OCC1(c2cccnc2F)CC1. The third-order valence-corrected chi connectivity index (χ3v) is 2.49. The molecule has 1 aromatic heterocycles. The van der Waals surface area contributed by atoms with Crippen molar-refractivity contribution in [3.63, 3.8) is 0 Å². The number of nitrogens with zero attached hydrogens (tertiary/aromatic N) is 1. The van der Waals surface area contributed by atoms with Gasteiger partial charge in [-0.15, -0.1) is 0 Å². The highest BCUT2D eigenvalue weighted by atomic mass is 19.1. The van der Waals surface area contributed by atoms with Gasteiger partial charge in [0.1, 0.15) is 0 Å². The first-order valence-electron chi connectivity index (χ1n) is 4.00. The van der Waals surface area contributed by atoms with Gasteiger partial charge in [0, 0.05) is 17.2 Å². The number of aliphatic hydroxyl groups is 1. The summed E-state index contributed by atoms with van der Waals surface area (Å²) in [5, 5.41) is 9.04. The molecule has 1 aliphatic carbocycles.